The lowest BCUT2D eigenvalue weighted by Crippen LogP contribution is -2.37. The van der Waals surface area contributed by atoms with Gasteiger partial charge in [0.15, 0.2) is 0 Å². The standard InChI is InChI=1S/C14H19N5O/c1-11-8-15-5-4-12(11)10-19(3)14(20)17-9-13-16-6-7-18(13)2/h4-8H,9-10H2,1-3H3,(H,17,20). The summed E-state index contributed by atoms with van der Waals surface area (Å²) in [5.74, 6) is 0.826. The number of amides is 2. The number of rotatable bonds is 4. The van der Waals surface area contributed by atoms with Gasteiger partial charge >= 0.3 is 6.03 Å². The van der Waals surface area contributed by atoms with Crippen LogP contribution in [-0.4, -0.2) is 32.5 Å². The lowest BCUT2D eigenvalue weighted by molar-refractivity contribution is 0.206. The van der Waals surface area contributed by atoms with Crippen LogP contribution >= 0.6 is 0 Å². The van der Waals surface area contributed by atoms with Crippen LogP contribution in [0.3, 0.4) is 0 Å². The van der Waals surface area contributed by atoms with E-state index in [1.165, 1.54) is 0 Å². The molecule has 106 valence electrons. The first-order valence-electron chi connectivity index (χ1n) is 6.42. The van der Waals surface area contributed by atoms with Crippen LogP contribution in [0.4, 0.5) is 4.79 Å². The number of imidazole rings is 1. The Hall–Kier alpha value is -2.37. The van der Waals surface area contributed by atoms with E-state index in [1.54, 1.807) is 30.5 Å². The van der Waals surface area contributed by atoms with Crippen molar-refractivity contribution in [1.82, 2.24) is 24.8 Å². The number of carbonyl (C=O) groups is 1. The van der Waals surface area contributed by atoms with Crippen molar-refractivity contribution in [3.05, 3.63) is 47.8 Å². The van der Waals surface area contributed by atoms with Crippen LogP contribution in [0, 0.1) is 6.92 Å². The second-order valence-corrected chi connectivity index (χ2v) is 4.77. The van der Waals surface area contributed by atoms with Crippen LogP contribution in [0.1, 0.15) is 17.0 Å². The summed E-state index contributed by atoms with van der Waals surface area (Å²) in [4.78, 5) is 21.9. The number of aryl methyl sites for hydroxylation is 2. The van der Waals surface area contributed by atoms with Gasteiger partial charge in [0.05, 0.1) is 6.54 Å². The van der Waals surface area contributed by atoms with Crippen molar-refractivity contribution in [3.8, 4) is 0 Å². The van der Waals surface area contributed by atoms with Crippen LogP contribution in [0.5, 0.6) is 0 Å². The zero-order chi connectivity index (χ0) is 14.5. The highest BCUT2D eigenvalue weighted by Crippen LogP contribution is 2.08. The minimum atomic E-state index is -0.121. The fraction of sp³-hybridized carbons (Fsp3) is 0.357. The molecular weight excluding hydrogens is 254 g/mol. The van der Waals surface area contributed by atoms with Crippen molar-refractivity contribution in [2.75, 3.05) is 7.05 Å². The highest BCUT2D eigenvalue weighted by Gasteiger charge is 2.10. The van der Waals surface area contributed by atoms with Gasteiger partial charge in [0, 0.05) is 45.4 Å². The molecule has 0 aliphatic rings. The third-order valence-electron chi connectivity index (χ3n) is 3.21. The van der Waals surface area contributed by atoms with Crippen LogP contribution in [0.2, 0.25) is 0 Å². The Morgan fingerprint density at radius 2 is 2.25 bits per heavy atom. The Balaban J connectivity index is 1.89. The van der Waals surface area contributed by atoms with E-state index in [-0.39, 0.29) is 6.03 Å². The molecule has 0 atom stereocenters. The third-order valence-corrected chi connectivity index (χ3v) is 3.21. The normalized spacial score (nSPS) is 10.3. The first kappa shape index (κ1) is 14.0. The molecule has 6 heteroatoms. The lowest BCUT2D eigenvalue weighted by atomic mass is 10.1. The molecule has 0 aliphatic carbocycles. The fourth-order valence-electron chi connectivity index (χ4n) is 1.86. The van der Waals surface area contributed by atoms with Gasteiger partial charge in [0.25, 0.3) is 0 Å². The molecule has 0 radical (unpaired) electrons. The minimum Gasteiger partial charge on any atom is -0.337 e. The van der Waals surface area contributed by atoms with Gasteiger partial charge in [-0.05, 0) is 24.1 Å². The summed E-state index contributed by atoms with van der Waals surface area (Å²) in [5.41, 5.74) is 2.17. The predicted octanol–water partition coefficient (Wildman–Crippen LogP) is 1.47. The predicted molar refractivity (Wildman–Crippen MR) is 75.9 cm³/mol. The maximum Gasteiger partial charge on any atom is 0.317 e. The molecule has 2 amide bonds. The smallest absolute Gasteiger partial charge is 0.317 e. The fourth-order valence-corrected chi connectivity index (χ4v) is 1.86. The highest BCUT2D eigenvalue weighted by atomic mass is 16.2. The second kappa shape index (κ2) is 6.18. The molecule has 1 N–H and O–H groups in total. The van der Waals surface area contributed by atoms with Gasteiger partial charge < -0.3 is 14.8 Å². The van der Waals surface area contributed by atoms with Crippen molar-refractivity contribution < 1.29 is 4.79 Å². The van der Waals surface area contributed by atoms with E-state index in [0.717, 1.165) is 17.0 Å². The summed E-state index contributed by atoms with van der Waals surface area (Å²) in [7, 11) is 3.67. The molecule has 0 saturated carbocycles. The molecule has 0 fully saturated rings. The number of hydrogen-bond acceptors (Lipinski definition) is 3. The van der Waals surface area contributed by atoms with Crippen molar-refractivity contribution in [2.45, 2.75) is 20.0 Å². The molecule has 0 aromatic carbocycles. The minimum absolute atomic E-state index is 0.121. The number of pyridine rings is 1. The molecule has 20 heavy (non-hydrogen) atoms. The van der Waals surface area contributed by atoms with Gasteiger partial charge in [-0.25, -0.2) is 9.78 Å². The summed E-state index contributed by atoms with van der Waals surface area (Å²) in [6, 6.07) is 1.81. The molecule has 0 saturated heterocycles. The summed E-state index contributed by atoms with van der Waals surface area (Å²) in [5, 5.41) is 2.85. The van der Waals surface area contributed by atoms with Crippen molar-refractivity contribution in [3.63, 3.8) is 0 Å². The first-order chi connectivity index (χ1) is 9.58. The van der Waals surface area contributed by atoms with Gasteiger partial charge in [0.2, 0.25) is 0 Å². The first-order valence-corrected chi connectivity index (χ1v) is 6.42. The van der Waals surface area contributed by atoms with Crippen LogP contribution in [0.15, 0.2) is 30.9 Å². The molecule has 0 bridgehead atoms. The summed E-state index contributed by atoms with van der Waals surface area (Å²) >= 11 is 0. The van der Waals surface area contributed by atoms with Crippen molar-refractivity contribution >= 4 is 6.03 Å². The molecule has 0 spiro atoms. The van der Waals surface area contributed by atoms with E-state index in [4.69, 9.17) is 0 Å². The van der Waals surface area contributed by atoms with Crippen LogP contribution in [0.25, 0.3) is 0 Å². The van der Waals surface area contributed by atoms with Gasteiger partial charge in [-0.2, -0.15) is 0 Å². The molecule has 2 aromatic heterocycles. The average molecular weight is 273 g/mol. The summed E-state index contributed by atoms with van der Waals surface area (Å²) in [6.45, 7) is 2.96. The monoisotopic (exact) mass is 273 g/mol. The largest absolute Gasteiger partial charge is 0.337 e. The number of aromatic nitrogens is 3. The van der Waals surface area contributed by atoms with Gasteiger partial charge in [-0.3, -0.25) is 4.98 Å². The molecular formula is C14H19N5O. The Labute approximate surface area is 118 Å². The van der Waals surface area contributed by atoms with Crippen molar-refractivity contribution in [1.29, 1.82) is 0 Å². The zero-order valence-electron chi connectivity index (χ0n) is 12.0. The second-order valence-electron chi connectivity index (χ2n) is 4.77. The van der Waals surface area contributed by atoms with E-state index in [1.807, 2.05) is 30.8 Å². The maximum absolute atomic E-state index is 12.0. The Kier molecular flexibility index (Phi) is 4.34. The average Bonchev–Trinajstić information content (AvgIpc) is 2.84. The van der Waals surface area contributed by atoms with Crippen molar-refractivity contribution in [2.24, 2.45) is 7.05 Å². The number of nitrogens with zero attached hydrogens (tertiary/aromatic N) is 4. The third kappa shape index (κ3) is 3.34. The Morgan fingerprint density at radius 1 is 1.45 bits per heavy atom. The summed E-state index contributed by atoms with van der Waals surface area (Å²) in [6.07, 6.45) is 7.11. The Bertz CT molecular complexity index is 593. The van der Waals surface area contributed by atoms with Crippen LogP contribution < -0.4 is 5.32 Å². The molecule has 2 rings (SSSR count). The van der Waals surface area contributed by atoms with E-state index in [9.17, 15) is 4.79 Å². The van der Waals surface area contributed by atoms with E-state index >= 15 is 0 Å². The lowest BCUT2D eigenvalue weighted by Gasteiger charge is -2.19. The van der Waals surface area contributed by atoms with Gasteiger partial charge in [0.1, 0.15) is 5.82 Å². The number of carbonyl (C=O) groups excluding carboxylic acids is 1. The van der Waals surface area contributed by atoms with E-state index in [2.05, 4.69) is 15.3 Å². The molecule has 6 nitrogen and oxygen atoms in total. The maximum atomic E-state index is 12.0. The Morgan fingerprint density at radius 3 is 2.90 bits per heavy atom. The SMILES string of the molecule is Cc1cnccc1CN(C)C(=O)NCc1nccn1C. The molecule has 0 aliphatic heterocycles. The highest BCUT2D eigenvalue weighted by molar-refractivity contribution is 5.73. The molecule has 2 heterocycles. The zero-order valence-corrected chi connectivity index (χ0v) is 12.0. The topological polar surface area (TPSA) is 63.1 Å². The van der Waals surface area contributed by atoms with Crippen LogP contribution in [-0.2, 0) is 20.1 Å². The summed E-state index contributed by atoms with van der Waals surface area (Å²) < 4.78 is 1.88. The quantitative estimate of drug-likeness (QED) is 0.917. The molecule has 2 aromatic rings. The van der Waals surface area contributed by atoms with E-state index in [0.29, 0.717) is 13.1 Å². The van der Waals surface area contributed by atoms with Gasteiger partial charge in [-0.15, -0.1) is 0 Å². The van der Waals surface area contributed by atoms with Gasteiger partial charge in [-0.1, -0.05) is 0 Å². The number of hydrogen-bond donors (Lipinski definition) is 1. The number of nitrogens with one attached hydrogen (secondary N) is 1. The number of urea groups is 1. The molecule has 0 unspecified atom stereocenters. The van der Waals surface area contributed by atoms with E-state index < -0.39 is 0 Å².